The summed E-state index contributed by atoms with van der Waals surface area (Å²) in [6.45, 7) is 2.98. The van der Waals surface area contributed by atoms with Gasteiger partial charge in [0.1, 0.15) is 0 Å². The largest absolute Gasteiger partial charge is 0.378 e. The fourth-order valence-electron chi connectivity index (χ4n) is 2.81. The molecule has 1 aromatic rings. The highest BCUT2D eigenvalue weighted by atomic mass is 31.2. The second-order valence-corrected chi connectivity index (χ2v) is 8.11. The molecule has 0 saturated heterocycles. The molecule has 0 bridgehead atoms. The van der Waals surface area contributed by atoms with Crippen LogP contribution < -0.4 is 5.30 Å². The minimum atomic E-state index is -3.23. The van der Waals surface area contributed by atoms with Crippen molar-refractivity contribution in [1.29, 1.82) is 0 Å². The van der Waals surface area contributed by atoms with Gasteiger partial charge in [-0.15, -0.1) is 0 Å². The minimum absolute atomic E-state index is 0.101. The van der Waals surface area contributed by atoms with Crippen LogP contribution in [-0.4, -0.2) is 23.3 Å². The highest BCUT2D eigenvalue weighted by Crippen LogP contribution is 2.51. The Hall–Kier alpha value is -0.630. The first-order valence-electron chi connectivity index (χ1n) is 7.64. The van der Waals surface area contributed by atoms with Gasteiger partial charge < -0.3 is 9.63 Å². The van der Waals surface area contributed by atoms with E-state index in [4.69, 9.17) is 4.74 Å². The molecule has 0 aromatic heterocycles. The van der Waals surface area contributed by atoms with E-state index in [1.54, 1.807) is 12.1 Å². The molecule has 1 atom stereocenters. The third-order valence-electron chi connectivity index (χ3n) is 4.12. The summed E-state index contributed by atoms with van der Waals surface area (Å²) in [5.74, 6) is 0. The van der Waals surface area contributed by atoms with Gasteiger partial charge in [-0.3, -0.25) is 4.57 Å². The van der Waals surface area contributed by atoms with Crippen LogP contribution in [0.2, 0.25) is 0 Å². The zero-order valence-electron chi connectivity index (χ0n) is 12.2. The van der Waals surface area contributed by atoms with Gasteiger partial charge in [0.05, 0.1) is 6.10 Å². The van der Waals surface area contributed by atoms with Crippen LogP contribution in [0.1, 0.15) is 45.4 Å². The Morgan fingerprint density at radius 3 is 2.45 bits per heavy atom. The van der Waals surface area contributed by atoms with Crippen molar-refractivity contribution in [1.82, 2.24) is 0 Å². The number of hydrogen-bond donors (Lipinski definition) is 1. The summed E-state index contributed by atoms with van der Waals surface area (Å²) in [5, 5.41) is 0.593. The van der Waals surface area contributed by atoms with Crippen LogP contribution in [0.15, 0.2) is 30.3 Å². The molecule has 0 aliphatic heterocycles. The average molecular weight is 296 g/mol. The van der Waals surface area contributed by atoms with Gasteiger partial charge in [0.2, 0.25) is 7.37 Å². The lowest BCUT2D eigenvalue weighted by molar-refractivity contribution is 0.0271. The van der Waals surface area contributed by atoms with Crippen LogP contribution in [0.5, 0.6) is 0 Å². The summed E-state index contributed by atoms with van der Waals surface area (Å²) in [6.07, 6.45) is 5.93. The molecule has 1 aliphatic carbocycles. The molecular weight excluding hydrogens is 271 g/mol. The van der Waals surface area contributed by atoms with E-state index in [0.29, 0.717) is 5.30 Å². The molecule has 1 aromatic carbocycles. The molecule has 1 saturated carbocycles. The lowest BCUT2D eigenvalue weighted by Gasteiger charge is -2.31. The molecular formula is C16H25O3P. The zero-order chi connectivity index (χ0) is 14.4. The molecule has 2 rings (SSSR count). The second kappa shape index (κ2) is 7.40. The molecule has 20 heavy (non-hydrogen) atoms. The maximum Gasteiger partial charge on any atom is 0.232 e. The van der Waals surface area contributed by atoms with Crippen molar-refractivity contribution in [3.63, 3.8) is 0 Å². The van der Waals surface area contributed by atoms with Gasteiger partial charge in [0, 0.05) is 17.6 Å². The van der Waals surface area contributed by atoms with Crippen molar-refractivity contribution in [2.45, 2.75) is 57.2 Å². The van der Waals surface area contributed by atoms with Crippen molar-refractivity contribution in [3.05, 3.63) is 30.3 Å². The number of rotatable bonds is 6. The second-order valence-electron chi connectivity index (χ2n) is 5.61. The van der Waals surface area contributed by atoms with E-state index in [2.05, 4.69) is 6.92 Å². The van der Waals surface area contributed by atoms with E-state index >= 15 is 0 Å². The first-order chi connectivity index (χ1) is 9.64. The van der Waals surface area contributed by atoms with E-state index in [1.165, 1.54) is 0 Å². The standard InChI is InChI=1S/C16H25O3P/c1-2-3-13-19-14-9-11-16(12-10-14)20(17,18)15-7-5-4-6-8-15/h4-8,14,16H,2-3,9-13H2,1H3,(H,17,18). The van der Waals surface area contributed by atoms with Gasteiger partial charge in [0.25, 0.3) is 0 Å². The summed E-state index contributed by atoms with van der Waals surface area (Å²) >= 11 is 0. The molecule has 0 radical (unpaired) electrons. The fraction of sp³-hybridized carbons (Fsp3) is 0.625. The fourth-order valence-corrected chi connectivity index (χ4v) is 4.83. The monoisotopic (exact) mass is 296 g/mol. The maximum atomic E-state index is 12.7. The molecule has 1 N–H and O–H groups in total. The molecule has 0 amide bonds. The van der Waals surface area contributed by atoms with Crippen LogP contribution >= 0.6 is 7.37 Å². The third-order valence-corrected chi connectivity index (χ3v) is 6.66. The molecule has 1 aliphatic rings. The molecule has 0 heterocycles. The highest BCUT2D eigenvalue weighted by molar-refractivity contribution is 7.66. The summed E-state index contributed by atoms with van der Waals surface area (Å²) in [5.41, 5.74) is -0.101. The van der Waals surface area contributed by atoms with Gasteiger partial charge in [-0.2, -0.15) is 0 Å². The normalized spacial score (nSPS) is 26.1. The highest BCUT2D eigenvalue weighted by Gasteiger charge is 2.35. The lowest BCUT2D eigenvalue weighted by Crippen LogP contribution is -2.27. The minimum Gasteiger partial charge on any atom is -0.378 e. The van der Waals surface area contributed by atoms with Crippen LogP contribution in [-0.2, 0) is 9.30 Å². The first-order valence-corrected chi connectivity index (χ1v) is 9.37. The zero-order valence-corrected chi connectivity index (χ0v) is 13.1. The summed E-state index contributed by atoms with van der Waals surface area (Å²) in [4.78, 5) is 10.4. The molecule has 112 valence electrons. The van der Waals surface area contributed by atoms with Gasteiger partial charge >= 0.3 is 0 Å². The Labute approximate surface area is 121 Å². The molecule has 1 fully saturated rings. The molecule has 4 heteroatoms. The third kappa shape index (κ3) is 3.94. The van der Waals surface area contributed by atoms with Gasteiger partial charge in [-0.25, -0.2) is 0 Å². The van der Waals surface area contributed by atoms with Gasteiger partial charge in [-0.05, 0) is 44.2 Å². The number of benzene rings is 1. The summed E-state index contributed by atoms with van der Waals surface area (Å²) in [6, 6.07) is 9.08. The number of unbranched alkanes of at least 4 members (excludes halogenated alkanes) is 1. The lowest BCUT2D eigenvalue weighted by atomic mass is 9.97. The van der Waals surface area contributed by atoms with E-state index in [0.717, 1.165) is 45.1 Å². The Kier molecular flexibility index (Phi) is 5.83. The van der Waals surface area contributed by atoms with Crippen LogP contribution in [0.25, 0.3) is 0 Å². The summed E-state index contributed by atoms with van der Waals surface area (Å²) < 4.78 is 18.5. The van der Waals surface area contributed by atoms with Crippen molar-refractivity contribution in [2.75, 3.05) is 6.61 Å². The Balaban J connectivity index is 1.88. The van der Waals surface area contributed by atoms with Crippen LogP contribution in [0.4, 0.5) is 0 Å². The Morgan fingerprint density at radius 1 is 1.20 bits per heavy atom. The van der Waals surface area contributed by atoms with E-state index in [1.807, 2.05) is 18.2 Å². The van der Waals surface area contributed by atoms with Crippen LogP contribution in [0.3, 0.4) is 0 Å². The Morgan fingerprint density at radius 2 is 1.85 bits per heavy atom. The average Bonchev–Trinajstić information content (AvgIpc) is 2.49. The van der Waals surface area contributed by atoms with E-state index < -0.39 is 7.37 Å². The summed E-state index contributed by atoms with van der Waals surface area (Å²) in [7, 11) is -3.23. The van der Waals surface area contributed by atoms with Crippen molar-refractivity contribution in [3.8, 4) is 0 Å². The maximum absolute atomic E-state index is 12.7. The smallest absolute Gasteiger partial charge is 0.232 e. The quantitative estimate of drug-likeness (QED) is 0.643. The van der Waals surface area contributed by atoms with Crippen molar-refractivity contribution >= 4 is 12.7 Å². The molecule has 1 unspecified atom stereocenters. The molecule has 3 nitrogen and oxygen atoms in total. The van der Waals surface area contributed by atoms with Gasteiger partial charge in [-0.1, -0.05) is 31.5 Å². The number of hydrogen-bond acceptors (Lipinski definition) is 2. The Bertz CT molecular complexity index is 438. The predicted octanol–water partition coefficient (Wildman–Crippen LogP) is 3.71. The van der Waals surface area contributed by atoms with Gasteiger partial charge in [0.15, 0.2) is 0 Å². The topological polar surface area (TPSA) is 46.5 Å². The van der Waals surface area contributed by atoms with E-state index in [-0.39, 0.29) is 11.8 Å². The SMILES string of the molecule is CCCCOC1CCC(P(=O)(O)c2ccccc2)CC1. The first kappa shape index (κ1) is 15.8. The predicted molar refractivity (Wildman–Crippen MR) is 82.8 cm³/mol. The number of ether oxygens (including phenoxy) is 1. The van der Waals surface area contributed by atoms with E-state index in [9.17, 15) is 9.46 Å². The molecule has 0 spiro atoms. The van der Waals surface area contributed by atoms with Crippen LogP contribution in [0, 0.1) is 0 Å². The van der Waals surface area contributed by atoms with Crippen molar-refractivity contribution in [2.24, 2.45) is 0 Å². The van der Waals surface area contributed by atoms with Crippen molar-refractivity contribution < 1.29 is 14.2 Å².